The van der Waals surface area contributed by atoms with Gasteiger partial charge in [-0.25, -0.2) is 9.07 Å². The highest BCUT2D eigenvalue weighted by Gasteiger charge is 2.29. The molecule has 2 aromatic heterocycles. The summed E-state index contributed by atoms with van der Waals surface area (Å²) in [5, 5.41) is 15.4. The number of carbonyl (C=O) groups is 1. The first-order valence-electron chi connectivity index (χ1n) is 7.14. The van der Waals surface area contributed by atoms with Gasteiger partial charge in [0.25, 0.3) is 5.91 Å². The fourth-order valence-corrected chi connectivity index (χ4v) is 3.31. The molecule has 0 spiro atoms. The number of benzene rings is 1. The van der Waals surface area contributed by atoms with E-state index in [1.165, 1.54) is 34.5 Å². The number of tetrazole rings is 1. The minimum Gasteiger partial charge on any atom is -0.319 e. The summed E-state index contributed by atoms with van der Waals surface area (Å²) < 4.78 is 15.4. The van der Waals surface area contributed by atoms with E-state index in [2.05, 4.69) is 20.8 Å². The van der Waals surface area contributed by atoms with Crippen molar-refractivity contribution in [1.82, 2.24) is 20.2 Å². The van der Waals surface area contributed by atoms with Crippen molar-refractivity contribution in [2.24, 2.45) is 0 Å². The van der Waals surface area contributed by atoms with Gasteiger partial charge in [-0.2, -0.15) is 0 Å². The third kappa shape index (κ3) is 2.72. The highest BCUT2D eigenvalue weighted by Crippen LogP contribution is 2.43. The van der Waals surface area contributed by atoms with E-state index in [0.717, 1.165) is 18.4 Å². The zero-order valence-electron chi connectivity index (χ0n) is 11.9. The highest BCUT2D eigenvalue weighted by molar-refractivity contribution is 7.12. The Hall–Kier alpha value is -2.61. The average Bonchev–Trinajstić information content (AvgIpc) is 3.04. The van der Waals surface area contributed by atoms with Gasteiger partial charge in [0.05, 0.1) is 16.3 Å². The molecule has 1 N–H and O–H groups in total. The number of hydrogen-bond donors (Lipinski definition) is 1. The predicted molar refractivity (Wildman–Crippen MR) is 83.4 cm³/mol. The lowest BCUT2D eigenvalue weighted by Crippen LogP contribution is -2.13. The second-order valence-corrected chi connectivity index (χ2v) is 6.27. The van der Waals surface area contributed by atoms with E-state index in [1.54, 1.807) is 6.07 Å². The van der Waals surface area contributed by atoms with E-state index >= 15 is 0 Å². The Morgan fingerprint density at radius 1 is 1.35 bits per heavy atom. The van der Waals surface area contributed by atoms with Crippen LogP contribution in [-0.4, -0.2) is 26.1 Å². The lowest BCUT2D eigenvalue weighted by atomic mass is 10.1. The lowest BCUT2D eigenvalue weighted by molar-refractivity contribution is 0.102. The molecule has 3 aromatic rings. The monoisotopic (exact) mass is 329 g/mol. The summed E-state index contributed by atoms with van der Waals surface area (Å²) in [4.78, 5) is 13.1. The molecule has 6 nitrogen and oxygen atoms in total. The molecule has 0 atom stereocenters. The Balaban J connectivity index is 1.61. The van der Waals surface area contributed by atoms with Crippen molar-refractivity contribution in [3.8, 4) is 5.69 Å². The van der Waals surface area contributed by atoms with E-state index in [4.69, 9.17) is 0 Å². The SMILES string of the molecule is O=C(Nc1cc(-n2cnnn2)ccc1F)c1sccc1C1CC1. The quantitative estimate of drug-likeness (QED) is 0.798. The van der Waals surface area contributed by atoms with Gasteiger partial charge in [-0.15, -0.1) is 16.4 Å². The number of amides is 1. The number of aromatic nitrogens is 4. The van der Waals surface area contributed by atoms with Gasteiger partial charge in [-0.1, -0.05) is 0 Å². The molecule has 1 saturated carbocycles. The van der Waals surface area contributed by atoms with Crippen molar-refractivity contribution in [3.05, 3.63) is 52.2 Å². The van der Waals surface area contributed by atoms with Gasteiger partial charge < -0.3 is 5.32 Å². The first-order chi connectivity index (χ1) is 11.2. The summed E-state index contributed by atoms with van der Waals surface area (Å²) in [6.45, 7) is 0. The van der Waals surface area contributed by atoms with Gasteiger partial charge in [0.15, 0.2) is 0 Å². The molecule has 2 heterocycles. The van der Waals surface area contributed by atoms with Crippen molar-refractivity contribution >= 4 is 22.9 Å². The van der Waals surface area contributed by atoms with Crippen LogP contribution in [0.4, 0.5) is 10.1 Å². The Labute approximate surface area is 135 Å². The summed E-state index contributed by atoms with van der Waals surface area (Å²) in [5.74, 6) is -0.311. The Kier molecular flexibility index (Phi) is 3.38. The largest absolute Gasteiger partial charge is 0.319 e. The normalized spacial score (nSPS) is 14.0. The first-order valence-corrected chi connectivity index (χ1v) is 8.02. The lowest BCUT2D eigenvalue weighted by Gasteiger charge is -2.08. The van der Waals surface area contributed by atoms with E-state index in [-0.39, 0.29) is 11.6 Å². The minimum atomic E-state index is -0.500. The second kappa shape index (κ2) is 5.54. The van der Waals surface area contributed by atoms with Gasteiger partial charge in [-0.05, 0) is 64.4 Å². The topological polar surface area (TPSA) is 72.7 Å². The molecular formula is C15H12FN5OS. The van der Waals surface area contributed by atoms with Crippen LogP contribution in [0, 0.1) is 5.82 Å². The Morgan fingerprint density at radius 2 is 2.22 bits per heavy atom. The first kappa shape index (κ1) is 14.0. The van der Waals surface area contributed by atoms with Crippen LogP contribution in [0.15, 0.2) is 36.0 Å². The van der Waals surface area contributed by atoms with E-state index < -0.39 is 5.82 Å². The second-order valence-electron chi connectivity index (χ2n) is 5.35. The van der Waals surface area contributed by atoms with Gasteiger partial charge in [0.1, 0.15) is 12.1 Å². The molecule has 1 aliphatic rings. The smallest absolute Gasteiger partial charge is 0.266 e. The number of carbonyl (C=O) groups excluding carboxylic acids is 1. The number of hydrogen-bond acceptors (Lipinski definition) is 5. The fraction of sp³-hybridized carbons (Fsp3) is 0.200. The number of nitrogens with zero attached hydrogens (tertiary/aromatic N) is 4. The summed E-state index contributed by atoms with van der Waals surface area (Å²) >= 11 is 1.38. The number of thiophene rings is 1. The molecule has 0 radical (unpaired) electrons. The predicted octanol–water partition coefficient (Wildman–Crippen LogP) is 2.99. The maximum atomic E-state index is 14.0. The number of nitrogens with one attached hydrogen (secondary N) is 1. The van der Waals surface area contributed by atoms with Crippen LogP contribution in [0.25, 0.3) is 5.69 Å². The van der Waals surface area contributed by atoms with Gasteiger partial charge >= 0.3 is 0 Å². The van der Waals surface area contributed by atoms with Crippen molar-refractivity contribution < 1.29 is 9.18 Å². The summed E-state index contributed by atoms with van der Waals surface area (Å²) in [5.41, 5.74) is 1.74. The highest BCUT2D eigenvalue weighted by atomic mass is 32.1. The Morgan fingerprint density at radius 3 is 2.96 bits per heavy atom. The van der Waals surface area contributed by atoms with E-state index in [1.807, 2.05) is 11.4 Å². The maximum Gasteiger partial charge on any atom is 0.266 e. The van der Waals surface area contributed by atoms with Crippen LogP contribution in [0.1, 0.15) is 34.0 Å². The molecule has 4 rings (SSSR count). The van der Waals surface area contributed by atoms with Gasteiger partial charge in [-0.3, -0.25) is 4.79 Å². The van der Waals surface area contributed by atoms with Crippen LogP contribution < -0.4 is 5.32 Å². The van der Waals surface area contributed by atoms with Crippen LogP contribution >= 0.6 is 11.3 Å². The van der Waals surface area contributed by atoms with Crippen molar-refractivity contribution in [3.63, 3.8) is 0 Å². The molecule has 0 saturated heterocycles. The average molecular weight is 329 g/mol. The maximum absolute atomic E-state index is 14.0. The molecule has 1 aliphatic carbocycles. The van der Waals surface area contributed by atoms with Crippen molar-refractivity contribution in [1.29, 1.82) is 0 Å². The molecule has 8 heteroatoms. The van der Waals surface area contributed by atoms with Gasteiger partial charge in [0, 0.05) is 0 Å². The Bertz CT molecular complexity index is 857. The molecule has 1 aromatic carbocycles. The number of rotatable bonds is 4. The zero-order chi connectivity index (χ0) is 15.8. The number of halogens is 1. The molecular weight excluding hydrogens is 317 g/mol. The summed E-state index contributed by atoms with van der Waals surface area (Å²) in [6, 6.07) is 6.31. The standard InChI is InChI=1S/C15H12FN5OS/c16-12-4-3-10(21-8-17-19-20-21)7-13(12)18-15(22)14-11(5-6-23-14)9-1-2-9/h3-9H,1-2H2,(H,18,22). The summed E-state index contributed by atoms with van der Waals surface area (Å²) in [7, 11) is 0. The molecule has 116 valence electrons. The third-order valence-corrected chi connectivity index (χ3v) is 4.66. The van der Waals surface area contributed by atoms with Crippen LogP contribution in [-0.2, 0) is 0 Å². The zero-order valence-corrected chi connectivity index (χ0v) is 12.8. The van der Waals surface area contributed by atoms with Gasteiger partial charge in [0.2, 0.25) is 0 Å². The number of anilines is 1. The van der Waals surface area contributed by atoms with E-state index in [9.17, 15) is 9.18 Å². The third-order valence-electron chi connectivity index (χ3n) is 3.73. The fourth-order valence-electron chi connectivity index (χ4n) is 2.43. The van der Waals surface area contributed by atoms with Crippen LogP contribution in [0.2, 0.25) is 0 Å². The van der Waals surface area contributed by atoms with Crippen LogP contribution in [0.3, 0.4) is 0 Å². The molecule has 0 bridgehead atoms. The molecule has 0 aliphatic heterocycles. The molecule has 1 fully saturated rings. The van der Waals surface area contributed by atoms with E-state index in [0.29, 0.717) is 16.5 Å². The van der Waals surface area contributed by atoms with Crippen LogP contribution in [0.5, 0.6) is 0 Å². The molecule has 1 amide bonds. The molecule has 23 heavy (non-hydrogen) atoms. The van der Waals surface area contributed by atoms with Crippen molar-refractivity contribution in [2.75, 3.05) is 5.32 Å². The minimum absolute atomic E-state index is 0.109. The van der Waals surface area contributed by atoms with Crippen molar-refractivity contribution in [2.45, 2.75) is 18.8 Å². The molecule has 0 unspecified atom stereocenters. The summed E-state index contributed by atoms with van der Waals surface area (Å²) in [6.07, 6.45) is 3.63.